The Morgan fingerprint density at radius 1 is 1.29 bits per heavy atom. The van der Waals surface area contributed by atoms with Gasteiger partial charge in [0.2, 0.25) is 5.91 Å². The van der Waals surface area contributed by atoms with Gasteiger partial charge in [-0.3, -0.25) is 4.79 Å². The van der Waals surface area contributed by atoms with Crippen molar-refractivity contribution in [1.29, 1.82) is 0 Å². The highest BCUT2D eigenvalue weighted by Crippen LogP contribution is 2.17. The summed E-state index contributed by atoms with van der Waals surface area (Å²) in [6.45, 7) is 4.24. The number of ether oxygens (including phenoxy) is 1. The predicted octanol–water partition coefficient (Wildman–Crippen LogP) is 1.79. The molecule has 0 saturated carbocycles. The minimum atomic E-state index is 0.153. The summed E-state index contributed by atoms with van der Waals surface area (Å²) in [4.78, 5) is 14.5. The van der Waals surface area contributed by atoms with Crippen molar-refractivity contribution in [3.05, 3.63) is 23.8 Å². The number of likely N-dealkylation sites (N-methyl/N-ethyl adjacent to an activating group) is 1. The number of nitrogens with zero attached hydrogens (tertiary/aromatic N) is 3. The van der Waals surface area contributed by atoms with E-state index >= 15 is 0 Å². The number of amides is 1. The molecule has 0 atom stereocenters. The molecule has 0 bridgehead atoms. The van der Waals surface area contributed by atoms with Crippen LogP contribution in [-0.2, 0) is 16.0 Å². The molecule has 1 aliphatic rings. The second kappa shape index (κ2) is 6.22. The maximum absolute atomic E-state index is 12.5. The Hall–Kier alpha value is -1.95. The zero-order valence-electron chi connectivity index (χ0n) is 12.1. The van der Waals surface area contributed by atoms with Gasteiger partial charge in [0.1, 0.15) is 11.0 Å². The maximum atomic E-state index is 12.5. The van der Waals surface area contributed by atoms with Gasteiger partial charge < -0.3 is 9.64 Å². The molecule has 1 aliphatic heterocycles. The van der Waals surface area contributed by atoms with E-state index in [0.717, 1.165) is 38.2 Å². The molecule has 3 rings (SSSR count). The summed E-state index contributed by atoms with van der Waals surface area (Å²) in [5.74, 6) is 0.153. The highest BCUT2D eigenvalue weighted by molar-refractivity contribution is 5.81. The van der Waals surface area contributed by atoms with Gasteiger partial charge in [-0.15, -0.1) is 0 Å². The normalized spacial score (nSPS) is 16.2. The summed E-state index contributed by atoms with van der Waals surface area (Å²) in [6.07, 6.45) is 2.23. The fraction of sp³-hybridized carbons (Fsp3) is 0.533. The summed E-state index contributed by atoms with van der Waals surface area (Å²) in [5, 5.41) is 7.58. The van der Waals surface area contributed by atoms with Gasteiger partial charge in [-0.05, 0) is 47.8 Å². The third kappa shape index (κ3) is 3.05. The Bertz CT molecular complexity index is 619. The van der Waals surface area contributed by atoms with Crippen LogP contribution in [0, 0.1) is 0 Å². The summed E-state index contributed by atoms with van der Waals surface area (Å²) in [6, 6.07) is 5.90. The fourth-order valence-electron chi connectivity index (χ4n) is 2.85. The highest BCUT2D eigenvalue weighted by atomic mass is 16.6. The first-order valence-corrected chi connectivity index (χ1v) is 7.36. The lowest BCUT2D eigenvalue weighted by atomic mass is 10.0. The highest BCUT2D eigenvalue weighted by Gasteiger charge is 2.24. The van der Waals surface area contributed by atoms with E-state index in [2.05, 4.69) is 14.9 Å². The van der Waals surface area contributed by atoms with E-state index in [0.29, 0.717) is 23.5 Å². The molecular weight excluding hydrogens is 270 g/mol. The van der Waals surface area contributed by atoms with Crippen molar-refractivity contribution in [2.75, 3.05) is 19.8 Å². The third-order valence-electron chi connectivity index (χ3n) is 3.97. The first-order chi connectivity index (χ1) is 10.3. The van der Waals surface area contributed by atoms with Gasteiger partial charge in [0.05, 0.1) is 6.42 Å². The van der Waals surface area contributed by atoms with E-state index in [4.69, 9.17) is 4.74 Å². The molecule has 0 aliphatic carbocycles. The number of hydrogen-bond donors (Lipinski definition) is 0. The molecular formula is C15H19N3O3. The van der Waals surface area contributed by atoms with Crippen LogP contribution < -0.4 is 0 Å². The lowest BCUT2D eigenvalue weighted by Gasteiger charge is -2.33. The quantitative estimate of drug-likeness (QED) is 0.858. The summed E-state index contributed by atoms with van der Waals surface area (Å²) in [5.41, 5.74) is 2.34. The Morgan fingerprint density at radius 2 is 2.05 bits per heavy atom. The van der Waals surface area contributed by atoms with Crippen LogP contribution in [0.2, 0.25) is 0 Å². The van der Waals surface area contributed by atoms with Crippen LogP contribution in [0.5, 0.6) is 0 Å². The van der Waals surface area contributed by atoms with E-state index in [1.54, 1.807) is 0 Å². The van der Waals surface area contributed by atoms with Crippen LogP contribution in [-0.4, -0.2) is 46.9 Å². The van der Waals surface area contributed by atoms with Crippen LogP contribution in [0.1, 0.15) is 25.3 Å². The number of aromatic nitrogens is 2. The summed E-state index contributed by atoms with van der Waals surface area (Å²) >= 11 is 0. The molecule has 21 heavy (non-hydrogen) atoms. The number of fused-ring (bicyclic) bond motifs is 1. The van der Waals surface area contributed by atoms with E-state index in [1.165, 1.54) is 0 Å². The Morgan fingerprint density at radius 3 is 2.81 bits per heavy atom. The van der Waals surface area contributed by atoms with Crippen LogP contribution in [0.3, 0.4) is 0 Å². The van der Waals surface area contributed by atoms with E-state index in [1.807, 2.05) is 30.0 Å². The lowest BCUT2D eigenvalue weighted by Crippen LogP contribution is -2.44. The molecule has 6 nitrogen and oxygen atoms in total. The number of benzene rings is 1. The molecule has 0 N–H and O–H groups in total. The first kappa shape index (κ1) is 14.0. The van der Waals surface area contributed by atoms with Gasteiger partial charge in [0.25, 0.3) is 0 Å². The second-order valence-corrected chi connectivity index (χ2v) is 5.29. The average Bonchev–Trinajstić information content (AvgIpc) is 2.96. The number of hydrogen-bond acceptors (Lipinski definition) is 5. The maximum Gasteiger partial charge on any atom is 0.227 e. The zero-order chi connectivity index (χ0) is 14.7. The van der Waals surface area contributed by atoms with Crippen LogP contribution >= 0.6 is 0 Å². The van der Waals surface area contributed by atoms with Crippen molar-refractivity contribution in [2.45, 2.75) is 32.2 Å². The van der Waals surface area contributed by atoms with Gasteiger partial charge in [0.15, 0.2) is 0 Å². The van der Waals surface area contributed by atoms with Crippen molar-refractivity contribution >= 4 is 16.9 Å². The molecule has 112 valence electrons. The Kier molecular flexibility index (Phi) is 4.15. The fourth-order valence-corrected chi connectivity index (χ4v) is 2.85. The van der Waals surface area contributed by atoms with Crippen molar-refractivity contribution in [1.82, 2.24) is 15.2 Å². The van der Waals surface area contributed by atoms with Crippen LogP contribution in [0.15, 0.2) is 22.8 Å². The Balaban J connectivity index is 1.70. The molecule has 1 amide bonds. The third-order valence-corrected chi connectivity index (χ3v) is 3.97. The minimum Gasteiger partial charge on any atom is -0.381 e. The monoisotopic (exact) mass is 289 g/mol. The molecule has 1 aromatic carbocycles. The van der Waals surface area contributed by atoms with Crippen molar-refractivity contribution in [2.24, 2.45) is 0 Å². The SMILES string of the molecule is CCN(C(=O)Cc1ccc2nonc2c1)C1CCOCC1. The molecule has 2 heterocycles. The molecule has 0 spiro atoms. The topological polar surface area (TPSA) is 68.5 Å². The van der Waals surface area contributed by atoms with Crippen molar-refractivity contribution in [3.8, 4) is 0 Å². The second-order valence-electron chi connectivity index (χ2n) is 5.29. The van der Waals surface area contributed by atoms with Gasteiger partial charge >= 0.3 is 0 Å². The molecule has 0 unspecified atom stereocenters. The van der Waals surface area contributed by atoms with Gasteiger partial charge in [0, 0.05) is 25.8 Å². The average molecular weight is 289 g/mol. The van der Waals surface area contributed by atoms with Gasteiger partial charge in [-0.1, -0.05) is 6.07 Å². The van der Waals surface area contributed by atoms with E-state index < -0.39 is 0 Å². The molecule has 1 fully saturated rings. The zero-order valence-corrected chi connectivity index (χ0v) is 12.1. The van der Waals surface area contributed by atoms with Gasteiger partial charge in [-0.25, -0.2) is 4.63 Å². The van der Waals surface area contributed by atoms with Crippen molar-refractivity contribution in [3.63, 3.8) is 0 Å². The largest absolute Gasteiger partial charge is 0.381 e. The molecule has 0 radical (unpaired) electrons. The number of carbonyl (C=O) groups excluding carboxylic acids is 1. The van der Waals surface area contributed by atoms with Crippen LogP contribution in [0.4, 0.5) is 0 Å². The standard InChI is InChI=1S/C15H19N3O3/c1-2-18(12-5-7-20-8-6-12)15(19)10-11-3-4-13-14(9-11)17-21-16-13/h3-4,9,12H,2,5-8,10H2,1H3. The summed E-state index contributed by atoms with van der Waals surface area (Å²) < 4.78 is 10.0. The Labute approximate surface area is 123 Å². The minimum absolute atomic E-state index is 0.153. The summed E-state index contributed by atoms with van der Waals surface area (Å²) in [7, 11) is 0. The number of carbonyl (C=O) groups is 1. The predicted molar refractivity (Wildman–Crippen MR) is 76.7 cm³/mol. The van der Waals surface area contributed by atoms with Crippen molar-refractivity contribution < 1.29 is 14.2 Å². The smallest absolute Gasteiger partial charge is 0.227 e. The number of rotatable bonds is 4. The lowest BCUT2D eigenvalue weighted by molar-refractivity contribution is -0.134. The van der Waals surface area contributed by atoms with E-state index in [9.17, 15) is 4.79 Å². The molecule has 1 aromatic heterocycles. The van der Waals surface area contributed by atoms with Crippen LogP contribution in [0.25, 0.3) is 11.0 Å². The first-order valence-electron chi connectivity index (χ1n) is 7.36. The molecule has 6 heteroatoms. The van der Waals surface area contributed by atoms with E-state index in [-0.39, 0.29) is 5.91 Å². The molecule has 2 aromatic rings. The molecule has 1 saturated heterocycles. The van der Waals surface area contributed by atoms with Gasteiger partial charge in [-0.2, -0.15) is 0 Å².